The van der Waals surface area contributed by atoms with Crippen LogP contribution in [0.5, 0.6) is 0 Å². The van der Waals surface area contributed by atoms with Crippen LogP contribution in [0, 0.1) is 0 Å². The molecule has 1 aromatic rings. The van der Waals surface area contributed by atoms with E-state index in [4.69, 9.17) is 14.6 Å². The van der Waals surface area contributed by atoms with Crippen LogP contribution in [0.25, 0.3) is 0 Å². The summed E-state index contributed by atoms with van der Waals surface area (Å²) >= 11 is 1.38. The number of carboxylic acid groups (broad SMARTS) is 1. The van der Waals surface area contributed by atoms with Crippen molar-refractivity contribution in [3.05, 3.63) is 11.1 Å². The van der Waals surface area contributed by atoms with Crippen LogP contribution in [0.3, 0.4) is 0 Å². The molecule has 0 radical (unpaired) electrons. The van der Waals surface area contributed by atoms with Gasteiger partial charge < -0.3 is 19.9 Å². The topological polar surface area (TPSA) is 80.7 Å². The average Bonchev–Trinajstić information content (AvgIpc) is 2.83. The quantitative estimate of drug-likeness (QED) is 0.756. The Morgan fingerprint density at radius 2 is 2.26 bits per heavy atom. The number of anilines is 1. The summed E-state index contributed by atoms with van der Waals surface area (Å²) in [6.07, 6.45) is -0.0650. The molecule has 0 amide bonds. The zero-order valence-electron chi connectivity index (χ0n) is 11.6. The van der Waals surface area contributed by atoms with E-state index in [0.29, 0.717) is 24.0 Å². The number of thiazole rings is 1. The number of aliphatic carboxylic acids is 1. The number of methoxy groups -OCH3 is 2. The predicted octanol–water partition coefficient (Wildman–Crippen LogP) is 1.58. The Morgan fingerprint density at radius 3 is 2.79 bits per heavy atom. The molecular formula is C12H20N2O4S. The average molecular weight is 288 g/mol. The lowest BCUT2D eigenvalue weighted by atomic mass is 9.90. The first-order valence-electron chi connectivity index (χ1n) is 5.86. The third-order valence-electron chi connectivity index (χ3n) is 2.85. The maximum Gasteiger partial charge on any atom is 0.315 e. The van der Waals surface area contributed by atoms with Crippen molar-refractivity contribution in [3.8, 4) is 0 Å². The molecule has 0 saturated heterocycles. The Morgan fingerprint density at radius 1 is 1.58 bits per heavy atom. The number of aromatic nitrogens is 1. The van der Waals surface area contributed by atoms with Gasteiger partial charge in [0.2, 0.25) is 0 Å². The van der Waals surface area contributed by atoms with E-state index >= 15 is 0 Å². The molecule has 1 unspecified atom stereocenters. The largest absolute Gasteiger partial charge is 0.481 e. The first kappa shape index (κ1) is 15.9. The van der Waals surface area contributed by atoms with Gasteiger partial charge in [0.05, 0.1) is 18.4 Å². The number of hydrogen-bond acceptors (Lipinski definition) is 6. The van der Waals surface area contributed by atoms with Gasteiger partial charge in [-0.1, -0.05) is 0 Å². The standard InChI is InChI=1S/C12H20N2O4S/c1-12(2,10(15)16)9-7-19-11(14-9)13-5-8(18-4)6-17-3/h7-8H,5-6H2,1-4H3,(H,13,14)(H,15,16). The van der Waals surface area contributed by atoms with Crippen molar-refractivity contribution in [2.45, 2.75) is 25.4 Å². The summed E-state index contributed by atoms with van der Waals surface area (Å²) < 4.78 is 10.2. The zero-order valence-corrected chi connectivity index (χ0v) is 12.4. The summed E-state index contributed by atoms with van der Waals surface area (Å²) in [6.45, 7) is 4.32. The molecule has 1 aromatic heterocycles. The highest BCUT2D eigenvalue weighted by atomic mass is 32.1. The minimum Gasteiger partial charge on any atom is -0.481 e. The Hall–Kier alpha value is -1.18. The molecule has 108 valence electrons. The molecule has 0 aliphatic carbocycles. The third kappa shape index (κ3) is 4.15. The second-order valence-corrected chi connectivity index (χ2v) is 5.52. The lowest BCUT2D eigenvalue weighted by molar-refractivity contribution is -0.142. The van der Waals surface area contributed by atoms with Gasteiger partial charge in [-0.2, -0.15) is 0 Å². The predicted molar refractivity (Wildman–Crippen MR) is 73.9 cm³/mol. The van der Waals surface area contributed by atoms with E-state index in [2.05, 4.69) is 10.3 Å². The van der Waals surface area contributed by atoms with Gasteiger partial charge in [-0.15, -0.1) is 11.3 Å². The Labute approximate surface area is 116 Å². The summed E-state index contributed by atoms with van der Waals surface area (Å²) in [4.78, 5) is 15.4. The molecule has 0 aliphatic rings. The lowest BCUT2D eigenvalue weighted by Crippen LogP contribution is -2.29. The van der Waals surface area contributed by atoms with Gasteiger partial charge in [-0.05, 0) is 13.8 Å². The summed E-state index contributed by atoms with van der Waals surface area (Å²) in [7, 11) is 3.23. The van der Waals surface area contributed by atoms with Crippen LogP contribution >= 0.6 is 11.3 Å². The van der Waals surface area contributed by atoms with E-state index < -0.39 is 11.4 Å². The van der Waals surface area contributed by atoms with Crippen LogP contribution in [0.4, 0.5) is 5.13 Å². The first-order valence-corrected chi connectivity index (χ1v) is 6.74. The van der Waals surface area contributed by atoms with Gasteiger partial charge >= 0.3 is 5.97 Å². The van der Waals surface area contributed by atoms with Crippen LogP contribution in [0.1, 0.15) is 19.5 Å². The maximum absolute atomic E-state index is 11.1. The van der Waals surface area contributed by atoms with Crippen LogP contribution in [-0.2, 0) is 19.7 Å². The fourth-order valence-electron chi connectivity index (χ4n) is 1.35. The number of hydrogen-bond donors (Lipinski definition) is 2. The highest BCUT2D eigenvalue weighted by Crippen LogP contribution is 2.27. The van der Waals surface area contributed by atoms with E-state index in [1.54, 1.807) is 33.4 Å². The zero-order chi connectivity index (χ0) is 14.5. The van der Waals surface area contributed by atoms with E-state index in [0.717, 1.165) is 0 Å². The van der Waals surface area contributed by atoms with Crippen molar-refractivity contribution in [3.63, 3.8) is 0 Å². The fraction of sp³-hybridized carbons (Fsp3) is 0.667. The van der Waals surface area contributed by atoms with Gasteiger partial charge in [0.15, 0.2) is 5.13 Å². The number of ether oxygens (including phenoxy) is 2. The molecule has 6 nitrogen and oxygen atoms in total. The molecule has 1 rings (SSSR count). The van der Waals surface area contributed by atoms with Gasteiger partial charge in [0.1, 0.15) is 5.41 Å². The van der Waals surface area contributed by atoms with E-state index in [1.807, 2.05) is 0 Å². The van der Waals surface area contributed by atoms with Crippen molar-refractivity contribution >= 4 is 22.4 Å². The van der Waals surface area contributed by atoms with Crippen molar-refractivity contribution < 1.29 is 19.4 Å². The van der Waals surface area contributed by atoms with Crippen LogP contribution in [0.15, 0.2) is 5.38 Å². The van der Waals surface area contributed by atoms with E-state index in [-0.39, 0.29) is 6.10 Å². The summed E-state index contributed by atoms with van der Waals surface area (Å²) in [5, 5.41) is 14.7. The normalized spacial score (nSPS) is 13.3. The Kier molecular flexibility index (Phi) is 5.71. The highest BCUT2D eigenvalue weighted by molar-refractivity contribution is 7.13. The molecule has 0 aromatic carbocycles. The maximum atomic E-state index is 11.1. The van der Waals surface area contributed by atoms with Crippen molar-refractivity contribution in [1.82, 2.24) is 4.98 Å². The fourth-order valence-corrected chi connectivity index (χ4v) is 2.24. The van der Waals surface area contributed by atoms with Crippen LogP contribution < -0.4 is 5.32 Å². The summed E-state index contributed by atoms with van der Waals surface area (Å²) in [6, 6.07) is 0. The lowest BCUT2D eigenvalue weighted by Gasteiger charge is -2.16. The van der Waals surface area contributed by atoms with Gasteiger partial charge in [-0.25, -0.2) is 4.98 Å². The SMILES string of the molecule is COCC(CNc1nc(C(C)(C)C(=O)O)cs1)OC. The number of carboxylic acids is 1. The van der Waals surface area contributed by atoms with Crippen molar-refractivity contribution in [2.24, 2.45) is 0 Å². The number of nitrogens with one attached hydrogen (secondary N) is 1. The molecule has 19 heavy (non-hydrogen) atoms. The number of nitrogens with zero attached hydrogens (tertiary/aromatic N) is 1. The van der Waals surface area contributed by atoms with Gasteiger partial charge in [0.25, 0.3) is 0 Å². The molecule has 1 atom stereocenters. The second kappa shape index (κ2) is 6.83. The third-order valence-corrected chi connectivity index (χ3v) is 3.65. The second-order valence-electron chi connectivity index (χ2n) is 4.66. The minimum atomic E-state index is -0.983. The molecule has 7 heteroatoms. The number of rotatable bonds is 8. The molecule has 0 saturated carbocycles. The van der Waals surface area contributed by atoms with E-state index in [9.17, 15) is 4.79 Å². The molecule has 0 aliphatic heterocycles. The van der Waals surface area contributed by atoms with E-state index in [1.165, 1.54) is 11.3 Å². The van der Waals surface area contributed by atoms with Crippen molar-refractivity contribution in [1.29, 1.82) is 0 Å². The molecule has 0 bridgehead atoms. The van der Waals surface area contributed by atoms with Crippen LogP contribution in [-0.4, -0.2) is 49.5 Å². The van der Waals surface area contributed by atoms with Crippen LogP contribution in [0.2, 0.25) is 0 Å². The summed E-state index contributed by atoms with van der Waals surface area (Å²) in [5.41, 5.74) is -0.433. The van der Waals surface area contributed by atoms with Gasteiger partial charge in [-0.3, -0.25) is 4.79 Å². The minimum absolute atomic E-state index is 0.0650. The Balaban J connectivity index is 2.63. The smallest absolute Gasteiger partial charge is 0.315 e. The molecule has 0 fully saturated rings. The molecule has 0 spiro atoms. The van der Waals surface area contributed by atoms with Gasteiger partial charge in [0, 0.05) is 26.1 Å². The highest BCUT2D eigenvalue weighted by Gasteiger charge is 2.32. The molecule has 2 N–H and O–H groups in total. The number of carbonyl (C=O) groups is 1. The first-order chi connectivity index (χ1) is 8.91. The molecular weight excluding hydrogens is 268 g/mol. The van der Waals surface area contributed by atoms with Crippen molar-refractivity contribution in [2.75, 3.05) is 32.7 Å². The molecule has 1 heterocycles. The summed E-state index contributed by atoms with van der Waals surface area (Å²) in [5.74, 6) is -0.890. The monoisotopic (exact) mass is 288 g/mol. The Bertz CT molecular complexity index is 420.